The van der Waals surface area contributed by atoms with Crippen LogP contribution in [0.4, 0.5) is 0 Å². The topological polar surface area (TPSA) is 43.9 Å². The van der Waals surface area contributed by atoms with Crippen molar-refractivity contribution in [2.24, 2.45) is 0 Å². The maximum Gasteiger partial charge on any atom is 0.0774 e. The number of para-hydroxylation sites is 3. The Morgan fingerprint density at radius 1 is 0.692 bits per heavy atom. The van der Waals surface area contributed by atoms with Gasteiger partial charge in [-0.2, -0.15) is 0 Å². The van der Waals surface area contributed by atoms with Crippen molar-refractivity contribution >= 4 is 22.0 Å². The van der Waals surface area contributed by atoms with Gasteiger partial charge in [-0.3, -0.25) is 4.98 Å². The van der Waals surface area contributed by atoms with E-state index in [2.05, 4.69) is 101 Å². The van der Waals surface area contributed by atoms with Crippen molar-refractivity contribution in [1.82, 2.24) is 14.5 Å². The van der Waals surface area contributed by atoms with E-state index < -0.39 is 5.89 Å². The van der Waals surface area contributed by atoms with E-state index in [1.165, 1.54) is 0 Å². The third kappa shape index (κ3) is 6.89. The molecule has 0 bridgehead atoms. The van der Waals surface area contributed by atoms with Crippen molar-refractivity contribution in [3.63, 3.8) is 0 Å². The quantitative estimate of drug-likeness (QED) is 0.157. The first-order valence-corrected chi connectivity index (χ1v) is 17.0. The van der Waals surface area contributed by atoms with Crippen molar-refractivity contribution in [2.75, 3.05) is 0 Å². The van der Waals surface area contributed by atoms with Crippen LogP contribution >= 0.6 is 0 Å². The molecule has 4 nitrogen and oxygen atoms in total. The predicted molar refractivity (Wildman–Crippen MR) is 209 cm³/mol. The van der Waals surface area contributed by atoms with Crippen LogP contribution < -0.4 is 0 Å². The largest absolute Gasteiger partial charge is 0.557 e. The molecule has 9 rings (SSSR count). The van der Waals surface area contributed by atoms with Gasteiger partial charge in [-0.1, -0.05) is 152 Å². The number of rotatable bonds is 6. The first kappa shape index (κ1) is 33.3. The van der Waals surface area contributed by atoms with Crippen molar-refractivity contribution in [1.29, 1.82) is 0 Å². The molecule has 9 aromatic rings. The van der Waals surface area contributed by atoms with E-state index in [4.69, 9.17) is 10.8 Å². The van der Waals surface area contributed by atoms with Crippen LogP contribution in [-0.2, 0) is 20.1 Å². The van der Waals surface area contributed by atoms with Crippen LogP contribution in [0.2, 0.25) is 0 Å². The molecular formula is C47H35IrN3O-2. The number of hydrogen-bond donors (Lipinski definition) is 0. The number of hydrogen-bond acceptors (Lipinski definition) is 3. The van der Waals surface area contributed by atoms with Gasteiger partial charge >= 0.3 is 0 Å². The zero-order valence-corrected chi connectivity index (χ0v) is 31.1. The average molecular weight is 851 g/mol. The molecule has 0 aliphatic carbocycles. The summed E-state index contributed by atoms with van der Waals surface area (Å²) in [4.78, 5) is 9.39. The number of furan rings is 1. The van der Waals surface area contributed by atoms with Crippen LogP contribution in [0.15, 0.2) is 174 Å². The summed E-state index contributed by atoms with van der Waals surface area (Å²) in [5.41, 5.74) is 11.8. The van der Waals surface area contributed by atoms with Gasteiger partial charge in [0.1, 0.15) is 0 Å². The molecule has 0 aliphatic heterocycles. The second-order valence-corrected chi connectivity index (χ2v) is 12.5. The summed E-state index contributed by atoms with van der Waals surface area (Å²) < 4.78 is 16.8. The van der Waals surface area contributed by atoms with Crippen molar-refractivity contribution in [2.45, 2.75) is 19.7 Å². The molecule has 255 valence electrons. The molecule has 0 fully saturated rings. The van der Waals surface area contributed by atoms with E-state index in [1.54, 1.807) is 6.20 Å². The fraction of sp³-hybridized carbons (Fsp3) is 0.0638. The van der Waals surface area contributed by atoms with Crippen LogP contribution in [0.25, 0.3) is 72.6 Å². The first-order chi connectivity index (χ1) is 25.5. The standard InChI is InChI=1S/C36H27N2O.C11H8N.Ir/c1-24(2)27-20-21-34-30(22-27)31(23-39-34)36-37-32-18-9-10-19-33(32)38(36)35-28(25-12-5-3-6-13-25)16-11-17-29(35)26-14-7-4-8-15-26;1-2-6-10(7-3-1)11-8-4-5-9-12-11;/h3-22,24H,1-2H3;1-6,8-9H;/q2*-1;/i24D;;. The summed E-state index contributed by atoms with van der Waals surface area (Å²) in [6.07, 6.45) is 4.97. The number of pyridine rings is 1. The molecule has 0 amide bonds. The molecule has 3 aromatic heterocycles. The molecule has 0 N–H and O–H groups in total. The third-order valence-corrected chi connectivity index (χ3v) is 8.95. The van der Waals surface area contributed by atoms with Crippen LogP contribution in [-0.4, -0.2) is 14.5 Å². The Bertz CT molecular complexity index is 2500. The van der Waals surface area contributed by atoms with E-state index in [0.717, 1.165) is 78.2 Å². The number of benzene rings is 6. The van der Waals surface area contributed by atoms with Crippen LogP contribution in [0, 0.1) is 12.3 Å². The van der Waals surface area contributed by atoms with Gasteiger partial charge in [0.15, 0.2) is 0 Å². The first-order valence-electron chi connectivity index (χ1n) is 17.5. The van der Waals surface area contributed by atoms with Crippen LogP contribution in [0.3, 0.4) is 0 Å². The van der Waals surface area contributed by atoms with Gasteiger partial charge in [0.25, 0.3) is 0 Å². The number of aromatic nitrogens is 3. The van der Waals surface area contributed by atoms with Crippen molar-refractivity contribution in [3.05, 3.63) is 188 Å². The zero-order chi connectivity index (χ0) is 35.5. The second-order valence-electron chi connectivity index (χ2n) is 12.5. The van der Waals surface area contributed by atoms with Gasteiger partial charge in [0, 0.05) is 50.6 Å². The third-order valence-electron chi connectivity index (χ3n) is 8.95. The summed E-state index contributed by atoms with van der Waals surface area (Å²) in [7, 11) is 0. The number of fused-ring (bicyclic) bond motifs is 2. The average Bonchev–Trinajstić information content (AvgIpc) is 3.80. The van der Waals surface area contributed by atoms with E-state index in [0.29, 0.717) is 0 Å². The smallest absolute Gasteiger partial charge is 0.0774 e. The summed E-state index contributed by atoms with van der Waals surface area (Å²) in [5.74, 6) is 0.00364. The fourth-order valence-electron chi connectivity index (χ4n) is 6.43. The number of imidazole rings is 1. The Morgan fingerprint density at radius 2 is 1.37 bits per heavy atom. The molecule has 3 heterocycles. The molecule has 5 heteroatoms. The Balaban J connectivity index is 0.000000284. The molecular weight excluding hydrogens is 815 g/mol. The Morgan fingerprint density at radius 3 is 2.02 bits per heavy atom. The molecule has 0 saturated carbocycles. The van der Waals surface area contributed by atoms with Crippen molar-refractivity contribution in [3.8, 4) is 50.6 Å². The Labute approximate surface area is 319 Å². The second kappa shape index (κ2) is 15.6. The minimum atomic E-state index is -0.747. The van der Waals surface area contributed by atoms with Gasteiger partial charge in [0.05, 0.1) is 22.5 Å². The van der Waals surface area contributed by atoms with Gasteiger partial charge in [-0.15, -0.1) is 35.9 Å². The molecule has 0 saturated heterocycles. The van der Waals surface area contributed by atoms with Gasteiger partial charge in [-0.25, -0.2) is 0 Å². The Kier molecular flexibility index (Phi) is 9.97. The number of nitrogens with zero attached hydrogens (tertiary/aromatic N) is 3. The van der Waals surface area contributed by atoms with E-state index in [-0.39, 0.29) is 20.1 Å². The maximum absolute atomic E-state index is 8.63. The predicted octanol–water partition coefficient (Wildman–Crippen LogP) is 12.2. The van der Waals surface area contributed by atoms with E-state index in [1.807, 2.05) is 98.8 Å². The zero-order valence-electron chi connectivity index (χ0n) is 29.7. The van der Waals surface area contributed by atoms with Gasteiger partial charge < -0.3 is 14.0 Å². The van der Waals surface area contributed by atoms with E-state index in [9.17, 15) is 0 Å². The molecule has 6 aromatic carbocycles. The molecule has 52 heavy (non-hydrogen) atoms. The molecule has 0 unspecified atom stereocenters. The minimum absolute atomic E-state index is 0. The Hall–Kier alpha value is -5.87. The molecule has 1 radical (unpaired) electrons. The normalized spacial score (nSPS) is 11.4. The molecule has 0 aliphatic rings. The van der Waals surface area contributed by atoms with E-state index >= 15 is 0 Å². The van der Waals surface area contributed by atoms with Crippen LogP contribution in [0.1, 0.15) is 26.7 Å². The SMILES string of the molecule is [2H]C(C)(C)c1ccc2o[c-]c(-c3nc4ccccc4n3-c3c(-c4ccccc4)cccc3-c3ccccc3)c2c1.[Ir].[c-]1ccccc1-c1ccccn1. The molecule has 0 spiro atoms. The summed E-state index contributed by atoms with van der Waals surface area (Å²) in [6, 6.07) is 58.4. The summed E-state index contributed by atoms with van der Waals surface area (Å²) >= 11 is 0. The van der Waals surface area contributed by atoms with Gasteiger partial charge in [0.2, 0.25) is 0 Å². The van der Waals surface area contributed by atoms with Crippen LogP contribution in [0.5, 0.6) is 0 Å². The summed E-state index contributed by atoms with van der Waals surface area (Å²) in [5, 5.41) is 0.896. The minimum Gasteiger partial charge on any atom is -0.557 e. The van der Waals surface area contributed by atoms with Gasteiger partial charge in [-0.05, 0) is 40.9 Å². The molecule has 0 atom stereocenters. The fourth-order valence-corrected chi connectivity index (χ4v) is 6.43. The summed E-state index contributed by atoms with van der Waals surface area (Å²) in [6.45, 7) is 3.80. The maximum atomic E-state index is 8.63. The van der Waals surface area contributed by atoms with Crippen molar-refractivity contribution < 1.29 is 25.9 Å². The monoisotopic (exact) mass is 851 g/mol.